The Morgan fingerprint density at radius 2 is 2.23 bits per heavy atom. The van der Waals surface area contributed by atoms with Crippen molar-refractivity contribution < 1.29 is 4.74 Å². The summed E-state index contributed by atoms with van der Waals surface area (Å²) in [4.78, 5) is 0. The van der Waals surface area contributed by atoms with Crippen LogP contribution < -0.4 is 5.32 Å². The predicted molar refractivity (Wildman–Crippen MR) is 53.8 cm³/mol. The summed E-state index contributed by atoms with van der Waals surface area (Å²) in [6.45, 7) is 4.41. The second-order valence-corrected chi connectivity index (χ2v) is 4.35. The summed E-state index contributed by atoms with van der Waals surface area (Å²) < 4.78 is 5.73. The van der Waals surface area contributed by atoms with Gasteiger partial charge in [0.05, 0.1) is 6.10 Å². The number of hydrogen-bond donors (Lipinski definition) is 1. The molecule has 2 rings (SSSR count). The lowest BCUT2D eigenvalue weighted by Crippen LogP contribution is -2.43. The number of ether oxygens (including phenoxy) is 1. The minimum atomic E-state index is 0.586. The van der Waals surface area contributed by atoms with Gasteiger partial charge in [-0.15, -0.1) is 0 Å². The fourth-order valence-corrected chi connectivity index (χ4v) is 2.76. The maximum Gasteiger partial charge on any atom is 0.0619 e. The summed E-state index contributed by atoms with van der Waals surface area (Å²) in [5.41, 5.74) is 0. The maximum atomic E-state index is 5.73. The maximum absolute atomic E-state index is 5.73. The van der Waals surface area contributed by atoms with Crippen molar-refractivity contribution in [3.05, 3.63) is 0 Å². The fraction of sp³-hybridized carbons (Fsp3) is 1.00. The Balaban J connectivity index is 1.86. The van der Waals surface area contributed by atoms with Gasteiger partial charge in [0, 0.05) is 18.6 Å². The molecule has 0 bridgehead atoms. The molecule has 0 radical (unpaired) electrons. The van der Waals surface area contributed by atoms with E-state index in [1.54, 1.807) is 0 Å². The number of hydrogen-bond acceptors (Lipinski definition) is 2. The van der Waals surface area contributed by atoms with Gasteiger partial charge in [0.2, 0.25) is 0 Å². The normalized spacial score (nSPS) is 39.0. The van der Waals surface area contributed by atoms with E-state index in [4.69, 9.17) is 4.74 Å². The van der Waals surface area contributed by atoms with Crippen molar-refractivity contribution in [3.8, 4) is 0 Å². The molecule has 1 heterocycles. The third-order valence-electron chi connectivity index (χ3n) is 3.44. The molecule has 2 nitrogen and oxygen atoms in total. The van der Waals surface area contributed by atoms with Gasteiger partial charge in [-0.2, -0.15) is 0 Å². The molecule has 76 valence electrons. The molecule has 0 aromatic rings. The molecular weight excluding hydrogens is 162 g/mol. The minimum Gasteiger partial charge on any atom is -0.378 e. The third kappa shape index (κ3) is 2.05. The molecule has 1 aliphatic heterocycles. The van der Waals surface area contributed by atoms with Crippen LogP contribution in [-0.2, 0) is 4.74 Å². The van der Waals surface area contributed by atoms with Gasteiger partial charge in [0.15, 0.2) is 0 Å². The van der Waals surface area contributed by atoms with E-state index in [0.29, 0.717) is 6.10 Å². The highest BCUT2D eigenvalue weighted by Crippen LogP contribution is 2.34. The molecule has 1 N–H and O–H groups in total. The van der Waals surface area contributed by atoms with Crippen LogP contribution in [0.4, 0.5) is 0 Å². The van der Waals surface area contributed by atoms with Crippen molar-refractivity contribution in [2.75, 3.05) is 13.2 Å². The Bertz CT molecular complexity index is 160. The van der Waals surface area contributed by atoms with Crippen molar-refractivity contribution in [1.82, 2.24) is 5.32 Å². The highest BCUT2D eigenvalue weighted by atomic mass is 16.5. The average molecular weight is 183 g/mol. The van der Waals surface area contributed by atoms with Gasteiger partial charge in [-0.05, 0) is 38.6 Å². The standard InChI is InChI=1S/C11H21NO/c1-2-7-12-10-4-3-5-11-9(10)6-8-13-11/h9-12H,2-8H2,1H3. The van der Waals surface area contributed by atoms with Crippen molar-refractivity contribution in [1.29, 1.82) is 0 Å². The lowest BCUT2D eigenvalue weighted by atomic mass is 9.82. The zero-order valence-corrected chi connectivity index (χ0v) is 8.59. The van der Waals surface area contributed by atoms with Gasteiger partial charge < -0.3 is 10.1 Å². The summed E-state index contributed by atoms with van der Waals surface area (Å²) in [7, 11) is 0. The molecule has 2 fully saturated rings. The fourth-order valence-electron chi connectivity index (χ4n) is 2.76. The van der Waals surface area contributed by atoms with Gasteiger partial charge in [-0.25, -0.2) is 0 Å². The van der Waals surface area contributed by atoms with Gasteiger partial charge in [-0.1, -0.05) is 6.92 Å². The largest absolute Gasteiger partial charge is 0.378 e. The first-order chi connectivity index (χ1) is 6.42. The third-order valence-corrected chi connectivity index (χ3v) is 3.44. The second-order valence-electron chi connectivity index (χ2n) is 4.35. The summed E-state index contributed by atoms with van der Waals surface area (Å²) in [5, 5.41) is 3.66. The van der Waals surface area contributed by atoms with Crippen molar-refractivity contribution in [2.24, 2.45) is 5.92 Å². The average Bonchev–Trinajstić information content (AvgIpc) is 2.62. The Kier molecular flexibility index (Phi) is 3.23. The van der Waals surface area contributed by atoms with E-state index >= 15 is 0 Å². The minimum absolute atomic E-state index is 0.586. The smallest absolute Gasteiger partial charge is 0.0619 e. The predicted octanol–water partition coefficient (Wildman–Crippen LogP) is 1.94. The van der Waals surface area contributed by atoms with E-state index in [9.17, 15) is 0 Å². The quantitative estimate of drug-likeness (QED) is 0.722. The van der Waals surface area contributed by atoms with Crippen LogP contribution in [0.5, 0.6) is 0 Å². The highest BCUT2D eigenvalue weighted by molar-refractivity contribution is 4.90. The molecule has 3 atom stereocenters. The van der Waals surface area contributed by atoms with Crippen molar-refractivity contribution in [3.63, 3.8) is 0 Å². The van der Waals surface area contributed by atoms with Gasteiger partial charge in [-0.3, -0.25) is 0 Å². The molecule has 0 aromatic carbocycles. The van der Waals surface area contributed by atoms with E-state index in [0.717, 1.165) is 18.6 Å². The van der Waals surface area contributed by atoms with E-state index in [2.05, 4.69) is 12.2 Å². The van der Waals surface area contributed by atoms with Gasteiger partial charge in [0.25, 0.3) is 0 Å². The van der Waals surface area contributed by atoms with E-state index in [1.165, 1.54) is 38.6 Å². The van der Waals surface area contributed by atoms with E-state index < -0.39 is 0 Å². The van der Waals surface area contributed by atoms with Gasteiger partial charge >= 0.3 is 0 Å². The molecule has 3 unspecified atom stereocenters. The molecule has 1 saturated carbocycles. The first kappa shape index (κ1) is 9.47. The molecule has 0 spiro atoms. The van der Waals surface area contributed by atoms with Crippen LogP contribution >= 0.6 is 0 Å². The van der Waals surface area contributed by atoms with Crippen molar-refractivity contribution in [2.45, 2.75) is 51.2 Å². The van der Waals surface area contributed by atoms with Crippen LogP contribution in [0, 0.1) is 5.92 Å². The first-order valence-electron chi connectivity index (χ1n) is 5.77. The van der Waals surface area contributed by atoms with Crippen LogP contribution in [0.3, 0.4) is 0 Å². The number of fused-ring (bicyclic) bond motifs is 1. The van der Waals surface area contributed by atoms with Crippen LogP contribution in [0.15, 0.2) is 0 Å². The summed E-state index contributed by atoms with van der Waals surface area (Å²) in [5.74, 6) is 0.820. The number of nitrogens with one attached hydrogen (secondary N) is 1. The monoisotopic (exact) mass is 183 g/mol. The summed E-state index contributed by atoms with van der Waals surface area (Å²) in [6, 6.07) is 0.751. The SMILES string of the molecule is CCCNC1CCCC2OCCC12. The lowest BCUT2D eigenvalue weighted by Gasteiger charge is -2.33. The van der Waals surface area contributed by atoms with Gasteiger partial charge in [0.1, 0.15) is 0 Å². The highest BCUT2D eigenvalue weighted by Gasteiger charge is 2.36. The summed E-state index contributed by atoms with van der Waals surface area (Å²) in [6.07, 6.45) is 7.13. The lowest BCUT2D eigenvalue weighted by molar-refractivity contribution is 0.0533. The Labute approximate surface area is 81.0 Å². The van der Waals surface area contributed by atoms with Crippen LogP contribution in [0.1, 0.15) is 39.0 Å². The van der Waals surface area contributed by atoms with Crippen molar-refractivity contribution >= 4 is 0 Å². The molecule has 2 heteroatoms. The molecule has 1 aliphatic carbocycles. The topological polar surface area (TPSA) is 21.3 Å². The molecule has 0 aromatic heterocycles. The molecule has 1 saturated heterocycles. The summed E-state index contributed by atoms with van der Waals surface area (Å²) >= 11 is 0. The number of rotatable bonds is 3. The zero-order chi connectivity index (χ0) is 9.10. The molecule has 0 amide bonds. The Morgan fingerprint density at radius 1 is 1.31 bits per heavy atom. The molecular formula is C11H21NO. The van der Waals surface area contributed by atoms with Crippen LogP contribution in [0.25, 0.3) is 0 Å². The second kappa shape index (κ2) is 4.43. The Hall–Kier alpha value is -0.0800. The zero-order valence-electron chi connectivity index (χ0n) is 8.59. The Morgan fingerprint density at radius 3 is 3.08 bits per heavy atom. The molecule has 2 aliphatic rings. The first-order valence-corrected chi connectivity index (χ1v) is 5.77. The van der Waals surface area contributed by atoms with E-state index in [-0.39, 0.29) is 0 Å². The van der Waals surface area contributed by atoms with E-state index in [1.807, 2.05) is 0 Å². The van der Waals surface area contributed by atoms with Crippen LogP contribution in [0.2, 0.25) is 0 Å². The molecule has 13 heavy (non-hydrogen) atoms. The van der Waals surface area contributed by atoms with Crippen LogP contribution in [-0.4, -0.2) is 25.3 Å².